The van der Waals surface area contributed by atoms with Gasteiger partial charge < -0.3 is 10.2 Å². The largest absolute Gasteiger partial charge is 0.367 e. The Morgan fingerprint density at radius 3 is 2.48 bits per heavy atom. The van der Waals surface area contributed by atoms with Crippen LogP contribution in [0.5, 0.6) is 0 Å². The van der Waals surface area contributed by atoms with Crippen LogP contribution in [0.4, 0.5) is 10.1 Å². The zero-order valence-corrected chi connectivity index (χ0v) is 12.7. The smallest absolute Gasteiger partial charge is 0.146 e. The van der Waals surface area contributed by atoms with Gasteiger partial charge in [-0.05, 0) is 56.9 Å². The Kier molecular flexibility index (Phi) is 5.09. The zero-order chi connectivity index (χ0) is 14.5. The van der Waals surface area contributed by atoms with Crippen molar-refractivity contribution in [2.75, 3.05) is 50.7 Å². The average Bonchev–Trinajstić information content (AvgIpc) is 2.55. The quantitative estimate of drug-likeness (QED) is 0.918. The molecule has 0 aromatic heterocycles. The number of anilines is 1. The molecule has 116 valence electrons. The SMILES string of the molecule is Fc1ccccc1N1CCN(CCC2CCNCC2)CC1. The maximum atomic E-state index is 13.8. The van der Waals surface area contributed by atoms with Crippen molar-refractivity contribution in [2.24, 2.45) is 5.92 Å². The zero-order valence-electron chi connectivity index (χ0n) is 12.7. The standard InChI is InChI=1S/C17H26FN3/c18-16-3-1-2-4-17(16)21-13-11-20(12-14-21)10-7-15-5-8-19-9-6-15/h1-4,15,19H,5-14H2. The van der Waals surface area contributed by atoms with E-state index in [0.717, 1.165) is 37.8 Å². The number of halogens is 1. The third-order valence-corrected chi connectivity index (χ3v) is 4.88. The van der Waals surface area contributed by atoms with Crippen molar-refractivity contribution in [1.29, 1.82) is 0 Å². The van der Waals surface area contributed by atoms with Gasteiger partial charge in [-0.3, -0.25) is 4.90 Å². The molecule has 0 bridgehead atoms. The average molecular weight is 291 g/mol. The van der Waals surface area contributed by atoms with Gasteiger partial charge in [-0.2, -0.15) is 0 Å². The molecule has 0 unspecified atom stereocenters. The lowest BCUT2D eigenvalue weighted by molar-refractivity contribution is 0.224. The molecular weight excluding hydrogens is 265 g/mol. The van der Waals surface area contributed by atoms with E-state index in [1.54, 1.807) is 12.1 Å². The summed E-state index contributed by atoms with van der Waals surface area (Å²) in [4.78, 5) is 4.72. The lowest BCUT2D eigenvalue weighted by Crippen LogP contribution is -2.47. The highest BCUT2D eigenvalue weighted by atomic mass is 19.1. The molecule has 2 fully saturated rings. The summed E-state index contributed by atoms with van der Waals surface area (Å²) in [6, 6.07) is 7.12. The van der Waals surface area contributed by atoms with Crippen LogP contribution in [0.15, 0.2) is 24.3 Å². The number of rotatable bonds is 4. The number of hydrogen-bond acceptors (Lipinski definition) is 3. The summed E-state index contributed by atoms with van der Waals surface area (Å²) in [6.07, 6.45) is 3.98. The predicted molar refractivity (Wildman–Crippen MR) is 85.3 cm³/mol. The van der Waals surface area contributed by atoms with Crippen LogP contribution in [0.2, 0.25) is 0 Å². The fraction of sp³-hybridized carbons (Fsp3) is 0.647. The Labute approximate surface area is 127 Å². The summed E-state index contributed by atoms with van der Waals surface area (Å²) in [5.74, 6) is 0.802. The molecule has 1 N–H and O–H groups in total. The Morgan fingerprint density at radius 1 is 1.05 bits per heavy atom. The number of nitrogens with one attached hydrogen (secondary N) is 1. The van der Waals surface area contributed by atoms with Gasteiger partial charge in [0.05, 0.1) is 5.69 Å². The second-order valence-electron chi connectivity index (χ2n) is 6.26. The minimum Gasteiger partial charge on any atom is -0.367 e. The van der Waals surface area contributed by atoms with Gasteiger partial charge in [0.25, 0.3) is 0 Å². The first kappa shape index (κ1) is 14.8. The van der Waals surface area contributed by atoms with Crippen LogP contribution in [-0.4, -0.2) is 50.7 Å². The number of hydrogen-bond donors (Lipinski definition) is 1. The van der Waals surface area contributed by atoms with Crippen LogP contribution in [0, 0.1) is 11.7 Å². The second-order valence-corrected chi connectivity index (χ2v) is 6.26. The van der Waals surface area contributed by atoms with E-state index in [0.29, 0.717) is 0 Å². The molecule has 0 atom stereocenters. The van der Waals surface area contributed by atoms with Crippen molar-refractivity contribution in [3.63, 3.8) is 0 Å². The van der Waals surface area contributed by atoms with Gasteiger partial charge >= 0.3 is 0 Å². The van der Waals surface area contributed by atoms with Crippen LogP contribution >= 0.6 is 0 Å². The summed E-state index contributed by atoms with van der Waals surface area (Å²) in [5, 5.41) is 3.43. The Hall–Kier alpha value is -1.13. The summed E-state index contributed by atoms with van der Waals surface area (Å²) in [7, 11) is 0. The van der Waals surface area contributed by atoms with E-state index in [1.165, 1.54) is 38.9 Å². The predicted octanol–water partition coefficient (Wildman–Crippen LogP) is 2.34. The normalized spacial score (nSPS) is 21.7. The van der Waals surface area contributed by atoms with Gasteiger partial charge in [-0.1, -0.05) is 12.1 Å². The van der Waals surface area contributed by atoms with Gasteiger partial charge in [0.1, 0.15) is 5.82 Å². The van der Waals surface area contributed by atoms with Crippen LogP contribution in [0.1, 0.15) is 19.3 Å². The molecule has 0 saturated carbocycles. The number of benzene rings is 1. The molecule has 2 aliphatic heterocycles. The highest BCUT2D eigenvalue weighted by Crippen LogP contribution is 2.21. The van der Waals surface area contributed by atoms with Gasteiger partial charge in [-0.25, -0.2) is 4.39 Å². The van der Waals surface area contributed by atoms with Crippen molar-refractivity contribution >= 4 is 5.69 Å². The van der Waals surface area contributed by atoms with E-state index >= 15 is 0 Å². The molecule has 4 heteroatoms. The van der Waals surface area contributed by atoms with Gasteiger partial charge in [0.15, 0.2) is 0 Å². The summed E-state index contributed by atoms with van der Waals surface area (Å²) in [6.45, 7) is 7.56. The first-order valence-corrected chi connectivity index (χ1v) is 8.25. The number of para-hydroxylation sites is 1. The molecule has 1 aromatic rings. The van der Waals surface area contributed by atoms with E-state index in [1.807, 2.05) is 12.1 Å². The first-order valence-electron chi connectivity index (χ1n) is 8.25. The second kappa shape index (κ2) is 7.23. The summed E-state index contributed by atoms with van der Waals surface area (Å²) >= 11 is 0. The van der Waals surface area contributed by atoms with Gasteiger partial charge in [0, 0.05) is 26.2 Å². The highest BCUT2D eigenvalue weighted by molar-refractivity contribution is 5.47. The molecule has 0 aliphatic carbocycles. The minimum atomic E-state index is -0.0966. The minimum absolute atomic E-state index is 0.0966. The fourth-order valence-corrected chi connectivity index (χ4v) is 3.46. The van der Waals surface area contributed by atoms with E-state index in [4.69, 9.17) is 0 Å². The number of piperidine rings is 1. The van der Waals surface area contributed by atoms with Crippen molar-refractivity contribution < 1.29 is 4.39 Å². The third-order valence-electron chi connectivity index (χ3n) is 4.88. The molecule has 0 spiro atoms. The topological polar surface area (TPSA) is 18.5 Å². The van der Waals surface area contributed by atoms with E-state index in [9.17, 15) is 4.39 Å². The lowest BCUT2D eigenvalue weighted by Gasteiger charge is -2.37. The lowest BCUT2D eigenvalue weighted by atomic mass is 9.94. The van der Waals surface area contributed by atoms with Crippen LogP contribution in [-0.2, 0) is 0 Å². The molecule has 3 rings (SSSR count). The molecule has 2 aliphatic rings. The van der Waals surface area contributed by atoms with E-state index < -0.39 is 0 Å². The molecule has 0 amide bonds. The van der Waals surface area contributed by atoms with Crippen molar-refractivity contribution in [3.05, 3.63) is 30.1 Å². The van der Waals surface area contributed by atoms with Crippen LogP contribution in [0.25, 0.3) is 0 Å². The third kappa shape index (κ3) is 3.95. The van der Waals surface area contributed by atoms with Crippen molar-refractivity contribution in [3.8, 4) is 0 Å². The molecule has 2 heterocycles. The molecule has 1 aromatic carbocycles. The van der Waals surface area contributed by atoms with Crippen LogP contribution in [0.3, 0.4) is 0 Å². The highest BCUT2D eigenvalue weighted by Gasteiger charge is 2.20. The van der Waals surface area contributed by atoms with Gasteiger partial charge in [0.2, 0.25) is 0 Å². The van der Waals surface area contributed by atoms with Crippen molar-refractivity contribution in [1.82, 2.24) is 10.2 Å². The van der Waals surface area contributed by atoms with Crippen LogP contribution < -0.4 is 10.2 Å². The maximum absolute atomic E-state index is 13.8. The van der Waals surface area contributed by atoms with Gasteiger partial charge in [-0.15, -0.1) is 0 Å². The summed E-state index contributed by atoms with van der Waals surface area (Å²) in [5.41, 5.74) is 0.760. The molecule has 0 radical (unpaired) electrons. The fourth-order valence-electron chi connectivity index (χ4n) is 3.46. The molecule has 2 saturated heterocycles. The monoisotopic (exact) mass is 291 g/mol. The van der Waals surface area contributed by atoms with E-state index in [-0.39, 0.29) is 5.82 Å². The maximum Gasteiger partial charge on any atom is 0.146 e. The van der Waals surface area contributed by atoms with Crippen molar-refractivity contribution in [2.45, 2.75) is 19.3 Å². The Morgan fingerprint density at radius 2 is 1.76 bits per heavy atom. The summed E-state index contributed by atoms with van der Waals surface area (Å²) < 4.78 is 13.8. The van der Waals surface area contributed by atoms with E-state index in [2.05, 4.69) is 15.1 Å². The number of piperazine rings is 1. The Balaban J connectivity index is 1.43. The molecular formula is C17H26FN3. The molecule has 3 nitrogen and oxygen atoms in total. The first-order chi connectivity index (χ1) is 10.3. The Bertz CT molecular complexity index is 437. The molecule has 21 heavy (non-hydrogen) atoms. The number of nitrogens with zero attached hydrogens (tertiary/aromatic N) is 2.